The Morgan fingerprint density at radius 3 is 2.77 bits per heavy atom. The van der Waals surface area contributed by atoms with Crippen molar-refractivity contribution in [3.05, 3.63) is 76.4 Å². The number of phenolic OH excluding ortho intramolecular Hbond substituents is 1. The Balaban J connectivity index is 1.92. The van der Waals surface area contributed by atoms with Crippen LogP contribution in [0.1, 0.15) is 11.1 Å². The van der Waals surface area contributed by atoms with Gasteiger partial charge in [-0.05, 0) is 18.2 Å². The number of para-hydroxylation sites is 1. The molecule has 1 aliphatic rings. The number of carbonyl (C=O) groups excluding carboxylic acids is 1. The van der Waals surface area contributed by atoms with Crippen LogP contribution >= 0.6 is 0 Å². The molecule has 0 aromatic heterocycles. The third kappa shape index (κ3) is 3.07. The molecule has 0 saturated heterocycles. The highest BCUT2D eigenvalue weighted by atomic mass is 16.6. The van der Waals surface area contributed by atoms with E-state index in [1.54, 1.807) is 23.1 Å². The van der Waals surface area contributed by atoms with E-state index in [-0.39, 0.29) is 11.6 Å². The third-order valence-electron chi connectivity index (χ3n) is 3.77. The van der Waals surface area contributed by atoms with Crippen LogP contribution in [-0.4, -0.2) is 34.4 Å². The highest BCUT2D eigenvalue weighted by Crippen LogP contribution is 2.29. The largest absolute Gasteiger partial charge is 0.502 e. The predicted octanol–water partition coefficient (Wildman–Crippen LogP) is 2.66. The number of fused-ring (bicyclic) bond motifs is 1. The number of nitrogens with zero attached hydrogens (tertiary/aromatic N) is 4. The van der Waals surface area contributed by atoms with Gasteiger partial charge in [-0.2, -0.15) is 5.10 Å². The topological polar surface area (TPSA) is 108 Å². The number of rotatable bonds is 5. The fourth-order valence-electron chi connectivity index (χ4n) is 2.59. The first-order valence-corrected chi connectivity index (χ1v) is 7.63. The summed E-state index contributed by atoms with van der Waals surface area (Å²) in [5, 5.41) is 28.2. The van der Waals surface area contributed by atoms with Gasteiger partial charge >= 0.3 is 5.69 Å². The predicted molar refractivity (Wildman–Crippen MR) is 97.9 cm³/mol. The number of aromatic hydroxyl groups is 1. The van der Waals surface area contributed by atoms with Crippen LogP contribution in [0.15, 0.2) is 65.3 Å². The minimum Gasteiger partial charge on any atom is -0.502 e. The third-order valence-corrected chi connectivity index (χ3v) is 3.77. The standard InChI is InChI=1S/C18H14N4O4/c1-2-9-21-14-6-4-3-5-13(14)17(18(21)24)20-19-11-12-7-8-16(23)15(10-12)22(25)26/h2-8,10-11,23H,1,9H2/b19-11+,20-17-. The molecule has 8 nitrogen and oxygen atoms in total. The zero-order chi connectivity index (χ0) is 18.7. The van der Waals surface area contributed by atoms with Gasteiger partial charge < -0.3 is 10.0 Å². The summed E-state index contributed by atoms with van der Waals surface area (Å²) in [6.07, 6.45) is 2.90. The molecule has 0 fully saturated rings. The molecule has 0 spiro atoms. The van der Waals surface area contributed by atoms with E-state index in [2.05, 4.69) is 16.8 Å². The normalized spacial score (nSPS) is 14.8. The van der Waals surface area contributed by atoms with Crippen molar-refractivity contribution < 1.29 is 14.8 Å². The van der Waals surface area contributed by atoms with E-state index in [4.69, 9.17) is 0 Å². The maximum atomic E-state index is 12.5. The molecule has 0 radical (unpaired) electrons. The van der Waals surface area contributed by atoms with Gasteiger partial charge in [0.1, 0.15) is 0 Å². The highest BCUT2D eigenvalue weighted by molar-refractivity contribution is 6.54. The van der Waals surface area contributed by atoms with E-state index < -0.39 is 16.4 Å². The van der Waals surface area contributed by atoms with Gasteiger partial charge in [0.2, 0.25) is 0 Å². The zero-order valence-electron chi connectivity index (χ0n) is 13.6. The second kappa shape index (κ2) is 6.98. The summed E-state index contributed by atoms with van der Waals surface area (Å²) in [5.74, 6) is -0.724. The SMILES string of the molecule is C=CCN1C(=O)/C(=N\N=C\c2ccc(O)c([N+](=O)[O-])c2)c2ccccc21. The number of nitro benzene ring substituents is 1. The Hall–Kier alpha value is -3.81. The lowest BCUT2D eigenvalue weighted by atomic mass is 10.1. The Labute approximate surface area is 148 Å². The number of amides is 1. The summed E-state index contributed by atoms with van der Waals surface area (Å²) in [4.78, 5) is 24.2. The molecule has 0 bridgehead atoms. The summed E-state index contributed by atoms with van der Waals surface area (Å²) in [5.41, 5.74) is 1.52. The molecule has 1 aliphatic heterocycles. The van der Waals surface area contributed by atoms with Gasteiger partial charge in [0.25, 0.3) is 5.91 Å². The quantitative estimate of drug-likeness (QED) is 0.387. The van der Waals surface area contributed by atoms with Crippen molar-refractivity contribution in [2.24, 2.45) is 10.2 Å². The average molecular weight is 350 g/mol. The van der Waals surface area contributed by atoms with Crippen LogP contribution in [0.4, 0.5) is 11.4 Å². The summed E-state index contributed by atoms with van der Waals surface area (Å²) < 4.78 is 0. The van der Waals surface area contributed by atoms with Crippen LogP contribution < -0.4 is 4.90 Å². The van der Waals surface area contributed by atoms with Gasteiger partial charge in [-0.15, -0.1) is 11.7 Å². The lowest BCUT2D eigenvalue weighted by Gasteiger charge is -2.13. The van der Waals surface area contributed by atoms with E-state index in [1.807, 2.05) is 12.1 Å². The second-order valence-corrected chi connectivity index (χ2v) is 5.42. The number of benzene rings is 2. The van der Waals surface area contributed by atoms with Crippen LogP contribution in [-0.2, 0) is 4.79 Å². The monoisotopic (exact) mass is 350 g/mol. The second-order valence-electron chi connectivity index (χ2n) is 5.42. The smallest absolute Gasteiger partial charge is 0.311 e. The first-order chi connectivity index (χ1) is 12.5. The minimum absolute atomic E-state index is 0.187. The Bertz CT molecular complexity index is 965. The molecule has 2 aromatic rings. The van der Waals surface area contributed by atoms with Crippen molar-refractivity contribution in [2.75, 3.05) is 11.4 Å². The summed E-state index contributed by atoms with van der Waals surface area (Å²) in [7, 11) is 0. The molecular weight excluding hydrogens is 336 g/mol. The van der Waals surface area contributed by atoms with E-state index in [1.165, 1.54) is 24.4 Å². The first-order valence-electron chi connectivity index (χ1n) is 7.63. The molecule has 0 unspecified atom stereocenters. The Kier molecular flexibility index (Phi) is 4.57. The molecular formula is C18H14N4O4. The summed E-state index contributed by atoms with van der Waals surface area (Å²) >= 11 is 0. The number of phenols is 1. The van der Waals surface area contributed by atoms with E-state index >= 15 is 0 Å². The van der Waals surface area contributed by atoms with Gasteiger partial charge in [-0.3, -0.25) is 14.9 Å². The fraction of sp³-hybridized carbons (Fsp3) is 0.0556. The van der Waals surface area contributed by atoms with Crippen LogP contribution in [0.3, 0.4) is 0 Å². The molecule has 1 heterocycles. The molecule has 8 heteroatoms. The zero-order valence-corrected chi connectivity index (χ0v) is 13.6. The van der Waals surface area contributed by atoms with Gasteiger partial charge in [-0.25, -0.2) is 0 Å². The molecule has 26 heavy (non-hydrogen) atoms. The number of anilines is 1. The van der Waals surface area contributed by atoms with E-state index in [0.29, 0.717) is 17.7 Å². The molecule has 3 rings (SSSR count). The molecule has 0 saturated carbocycles. The maximum Gasteiger partial charge on any atom is 0.311 e. The molecule has 0 aliphatic carbocycles. The van der Waals surface area contributed by atoms with E-state index in [0.717, 1.165) is 5.69 Å². The van der Waals surface area contributed by atoms with E-state index in [9.17, 15) is 20.0 Å². The molecule has 1 amide bonds. The maximum absolute atomic E-state index is 12.5. The van der Waals surface area contributed by atoms with Crippen LogP contribution in [0.2, 0.25) is 0 Å². The number of nitro groups is 1. The average Bonchev–Trinajstić information content (AvgIpc) is 2.89. The lowest BCUT2D eigenvalue weighted by molar-refractivity contribution is -0.385. The Morgan fingerprint density at radius 1 is 1.27 bits per heavy atom. The lowest BCUT2D eigenvalue weighted by Crippen LogP contribution is -2.30. The van der Waals surface area contributed by atoms with Crippen molar-refractivity contribution in [2.45, 2.75) is 0 Å². The molecule has 0 atom stereocenters. The highest BCUT2D eigenvalue weighted by Gasteiger charge is 2.32. The van der Waals surface area contributed by atoms with Crippen molar-refractivity contribution in [3.8, 4) is 5.75 Å². The molecule has 2 aromatic carbocycles. The van der Waals surface area contributed by atoms with Crippen LogP contribution in [0, 0.1) is 10.1 Å². The van der Waals surface area contributed by atoms with Crippen LogP contribution in [0.5, 0.6) is 5.75 Å². The van der Waals surface area contributed by atoms with Crippen LogP contribution in [0.25, 0.3) is 0 Å². The van der Waals surface area contributed by atoms with Gasteiger partial charge in [0.05, 0.1) is 16.8 Å². The van der Waals surface area contributed by atoms with Crippen molar-refractivity contribution in [1.29, 1.82) is 0 Å². The summed E-state index contributed by atoms with van der Waals surface area (Å²) in [6, 6.07) is 11.0. The first kappa shape index (κ1) is 17.0. The van der Waals surface area contributed by atoms with Gasteiger partial charge in [0, 0.05) is 23.7 Å². The molecule has 1 N–H and O–H groups in total. The molecule has 130 valence electrons. The Morgan fingerprint density at radius 2 is 2.04 bits per heavy atom. The summed E-state index contributed by atoms with van der Waals surface area (Å²) in [6.45, 7) is 4.00. The van der Waals surface area contributed by atoms with Crippen molar-refractivity contribution >= 4 is 29.2 Å². The number of hydrogen-bond donors (Lipinski definition) is 1. The van der Waals surface area contributed by atoms with Crippen molar-refractivity contribution in [1.82, 2.24) is 0 Å². The van der Waals surface area contributed by atoms with Gasteiger partial charge in [-0.1, -0.05) is 24.3 Å². The van der Waals surface area contributed by atoms with Crippen molar-refractivity contribution in [3.63, 3.8) is 0 Å². The fourth-order valence-corrected chi connectivity index (χ4v) is 2.59. The number of hydrogen-bond acceptors (Lipinski definition) is 6. The minimum atomic E-state index is -0.692. The number of carbonyl (C=O) groups is 1. The van der Waals surface area contributed by atoms with Gasteiger partial charge in [0.15, 0.2) is 11.5 Å².